The van der Waals surface area contributed by atoms with E-state index in [1.165, 1.54) is 0 Å². The molecular formula is C26H26N2O3. The quantitative estimate of drug-likeness (QED) is 0.556. The molecule has 1 unspecified atom stereocenters. The van der Waals surface area contributed by atoms with Gasteiger partial charge < -0.3 is 14.5 Å². The topological polar surface area (TPSA) is 51.1 Å². The van der Waals surface area contributed by atoms with Gasteiger partial charge in [-0.05, 0) is 36.8 Å². The maximum Gasteiger partial charge on any atom is 0.254 e. The number of rotatable bonds is 7. The number of para-hydroxylation sites is 1. The summed E-state index contributed by atoms with van der Waals surface area (Å²) in [5.74, 6) is 0.751. The van der Waals surface area contributed by atoms with Crippen molar-refractivity contribution in [2.75, 3.05) is 13.7 Å². The molecule has 1 aliphatic rings. The maximum atomic E-state index is 13.3. The van der Waals surface area contributed by atoms with Gasteiger partial charge in [0.05, 0.1) is 19.4 Å². The molecule has 1 heterocycles. The first-order valence-electron chi connectivity index (χ1n) is 10.4. The minimum absolute atomic E-state index is 0.0156. The fraction of sp³-hybridized carbons (Fsp3) is 0.231. The highest BCUT2D eigenvalue weighted by atomic mass is 16.6. The van der Waals surface area contributed by atoms with E-state index in [-0.39, 0.29) is 12.0 Å². The third-order valence-corrected chi connectivity index (χ3v) is 5.38. The molecule has 1 atom stereocenters. The van der Waals surface area contributed by atoms with Crippen LogP contribution in [-0.2, 0) is 11.4 Å². The molecule has 0 spiro atoms. The highest BCUT2D eigenvalue weighted by Gasteiger charge is 2.28. The largest absolute Gasteiger partial charge is 0.496 e. The molecule has 31 heavy (non-hydrogen) atoms. The van der Waals surface area contributed by atoms with Crippen molar-refractivity contribution < 1.29 is 14.4 Å². The Hall–Kier alpha value is -3.60. The molecule has 0 aliphatic carbocycles. The molecule has 3 aromatic carbocycles. The zero-order valence-electron chi connectivity index (χ0n) is 17.8. The molecule has 0 fully saturated rings. The minimum atomic E-state index is -0.210. The molecule has 5 nitrogen and oxygen atoms in total. The van der Waals surface area contributed by atoms with Gasteiger partial charge in [0.15, 0.2) is 6.10 Å². The predicted molar refractivity (Wildman–Crippen MR) is 121 cm³/mol. The van der Waals surface area contributed by atoms with Crippen LogP contribution in [0.5, 0.6) is 5.75 Å². The fourth-order valence-electron chi connectivity index (χ4n) is 3.72. The molecule has 1 aliphatic heterocycles. The summed E-state index contributed by atoms with van der Waals surface area (Å²) >= 11 is 0. The molecule has 5 heteroatoms. The summed E-state index contributed by atoms with van der Waals surface area (Å²) < 4.78 is 5.46. The summed E-state index contributed by atoms with van der Waals surface area (Å²) in [6.45, 7) is 2.97. The lowest BCUT2D eigenvalue weighted by molar-refractivity contribution is 0.0405. The second-order valence-corrected chi connectivity index (χ2v) is 7.71. The van der Waals surface area contributed by atoms with Crippen LogP contribution >= 0.6 is 0 Å². The number of nitrogens with zero attached hydrogens (tertiary/aromatic N) is 2. The minimum Gasteiger partial charge on any atom is -0.496 e. The van der Waals surface area contributed by atoms with Crippen molar-refractivity contribution >= 4 is 11.6 Å². The van der Waals surface area contributed by atoms with Crippen molar-refractivity contribution in [2.24, 2.45) is 5.16 Å². The Kier molecular flexibility index (Phi) is 6.32. The Morgan fingerprint density at radius 2 is 1.74 bits per heavy atom. The number of oxime groups is 1. The van der Waals surface area contributed by atoms with Crippen LogP contribution in [0.2, 0.25) is 0 Å². The Bertz CT molecular complexity index is 1060. The number of hydrogen-bond acceptors (Lipinski definition) is 4. The van der Waals surface area contributed by atoms with Crippen molar-refractivity contribution in [3.8, 4) is 5.75 Å². The summed E-state index contributed by atoms with van der Waals surface area (Å²) in [6, 6.07) is 25.4. The van der Waals surface area contributed by atoms with E-state index in [9.17, 15) is 4.79 Å². The van der Waals surface area contributed by atoms with Crippen LogP contribution in [-0.4, -0.2) is 36.3 Å². The van der Waals surface area contributed by atoms with Gasteiger partial charge in [-0.15, -0.1) is 0 Å². The van der Waals surface area contributed by atoms with Crippen molar-refractivity contribution in [3.05, 3.63) is 101 Å². The number of aryl methyl sites for hydroxylation is 1. The Labute approximate surface area is 182 Å². The fourth-order valence-corrected chi connectivity index (χ4v) is 3.72. The van der Waals surface area contributed by atoms with Gasteiger partial charge in [-0.2, -0.15) is 0 Å². The van der Waals surface area contributed by atoms with Crippen LogP contribution in [0.1, 0.15) is 33.5 Å². The number of carbonyl (C=O) groups is 1. The second kappa shape index (κ2) is 9.47. The lowest BCUT2D eigenvalue weighted by Crippen LogP contribution is -2.37. The van der Waals surface area contributed by atoms with E-state index in [2.05, 4.69) is 5.16 Å². The first-order chi connectivity index (χ1) is 15.1. The van der Waals surface area contributed by atoms with E-state index < -0.39 is 0 Å². The molecular weight excluding hydrogens is 388 g/mol. The van der Waals surface area contributed by atoms with Gasteiger partial charge >= 0.3 is 0 Å². The zero-order chi connectivity index (χ0) is 21.6. The van der Waals surface area contributed by atoms with Crippen molar-refractivity contribution in [1.82, 2.24) is 4.90 Å². The van der Waals surface area contributed by atoms with Crippen LogP contribution in [0.3, 0.4) is 0 Å². The van der Waals surface area contributed by atoms with E-state index in [0.29, 0.717) is 25.1 Å². The number of methoxy groups -OCH3 is 1. The number of amides is 1. The highest BCUT2D eigenvalue weighted by molar-refractivity contribution is 6.03. The number of benzene rings is 3. The van der Waals surface area contributed by atoms with Gasteiger partial charge in [0.2, 0.25) is 0 Å². The average molecular weight is 415 g/mol. The van der Waals surface area contributed by atoms with Crippen LogP contribution in [0, 0.1) is 6.92 Å². The summed E-state index contributed by atoms with van der Waals surface area (Å²) in [7, 11) is 1.65. The Balaban J connectivity index is 1.51. The van der Waals surface area contributed by atoms with Crippen LogP contribution < -0.4 is 4.74 Å². The first-order valence-corrected chi connectivity index (χ1v) is 10.4. The smallest absolute Gasteiger partial charge is 0.254 e. The molecule has 0 saturated heterocycles. The van der Waals surface area contributed by atoms with E-state index in [1.807, 2.05) is 90.7 Å². The maximum absolute atomic E-state index is 13.3. The van der Waals surface area contributed by atoms with E-state index in [4.69, 9.17) is 9.57 Å². The molecule has 3 aromatic rings. The Morgan fingerprint density at radius 1 is 1.03 bits per heavy atom. The summed E-state index contributed by atoms with van der Waals surface area (Å²) in [5.41, 5.74) is 4.63. The molecule has 0 aromatic heterocycles. The summed E-state index contributed by atoms with van der Waals surface area (Å²) in [4.78, 5) is 20.9. The predicted octanol–water partition coefficient (Wildman–Crippen LogP) is 4.84. The van der Waals surface area contributed by atoms with Crippen molar-refractivity contribution in [3.63, 3.8) is 0 Å². The van der Waals surface area contributed by atoms with Gasteiger partial charge in [0.1, 0.15) is 5.75 Å². The lowest BCUT2D eigenvalue weighted by atomic mass is 10.0. The molecule has 1 amide bonds. The molecule has 0 saturated carbocycles. The number of carbonyl (C=O) groups excluding carboxylic acids is 1. The normalized spacial score (nSPS) is 15.2. The number of ether oxygens (including phenoxy) is 1. The van der Waals surface area contributed by atoms with Gasteiger partial charge in [-0.3, -0.25) is 4.79 Å². The summed E-state index contributed by atoms with van der Waals surface area (Å²) in [5, 5.41) is 4.30. The molecule has 158 valence electrons. The standard InChI is InChI=1S/C26H26N2O3/c1-19-12-14-21(15-13-19)26(29)28(17-20-8-4-3-5-9-20)18-22-16-24(27-31-22)23-10-6-7-11-25(23)30-2/h3-15,22H,16-18H2,1-2H3. The van der Waals surface area contributed by atoms with Crippen molar-refractivity contribution in [1.29, 1.82) is 0 Å². The van der Waals surface area contributed by atoms with E-state index in [1.54, 1.807) is 7.11 Å². The van der Waals surface area contributed by atoms with Gasteiger partial charge in [-0.1, -0.05) is 65.3 Å². The lowest BCUT2D eigenvalue weighted by Gasteiger charge is -2.25. The molecule has 0 radical (unpaired) electrons. The number of hydrogen-bond donors (Lipinski definition) is 0. The van der Waals surface area contributed by atoms with Gasteiger partial charge in [-0.25, -0.2) is 0 Å². The van der Waals surface area contributed by atoms with E-state index >= 15 is 0 Å². The van der Waals surface area contributed by atoms with Crippen LogP contribution in [0.15, 0.2) is 84.0 Å². The van der Waals surface area contributed by atoms with Crippen molar-refractivity contribution in [2.45, 2.75) is 26.0 Å². The van der Waals surface area contributed by atoms with E-state index in [0.717, 1.165) is 28.2 Å². The SMILES string of the molecule is COc1ccccc1C1=NOC(CN(Cc2ccccc2)C(=O)c2ccc(C)cc2)C1. The molecule has 0 N–H and O–H groups in total. The van der Waals surface area contributed by atoms with Gasteiger partial charge in [0, 0.05) is 24.1 Å². The monoisotopic (exact) mass is 414 g/mol. The average Bonchev–Trinajstić information content (AvgIpc) is 3.28. The molecule has 0 bridgehead atoms. The first kappa shape index (κ1) is 20.7. The second-order valence-electron chi connectivity index (χ2n) is 7.71. The highest BCUT2D eigenvalue weighted by Crippen LogP contribution is 2.25. The zero-order valence-corrected chi connectivity index (χ0v) is 17.8. The summed E-state index contributed by atoms with van der Waals surface area (Å²) in [6.07, 6.45) is 0.408. The van der Waals surface area contributed by atoms with Crippen LogP contribution in [0.25, 0.3) is 0 Å². The third-order valence-electron chi connectivity index (χ3n) is 5.38. The Morgan fingerprint density at radius 3 is 2.48 bits per heavy atom. The van der Waals surface area contributed by atoms with Gasteiger partial charge in [0.25, 0.3) is 5.91 Å². The van der Waals surface area contributed by atoms with Crippen LogP contribution in [0.4, 0.5) is 0 Å². The third kappa shape index (κ3) is 4.94. The molecule has 4 rings (SSSR count).